The molecule has 126 valence electrons. The van der Waals surface area contributed by atoms with E-state index in [4.69, 9.17) is 0 Å². The molecule has 0 saturated carbocycles. The number of anilines is 1. The standard InChI is InChI=1S/C16H22N8/c1-12-14(16(22(2)3)23(4)21-12)9-17-7-13-5-6-15(19-8-13)24-11-18-10-20-24/h5-6,8,10-11,17H,7,9H2,1-4H3. The number of aromatic nitrogens is 6. The first-order chi connectivity index (χ1) is 11.6. The van der Waals surface area contributed by atoms with Gasteiger partial charge in [0.2, 0.25) is 0 Å². The second kappa shape index (κ2) is 6.79. The molecule has 24 heavy (non-hydrogen) atoms. The van der Waals surface area contributed by atoms with Gasteiger partial charge in [0.05, 0.1) is 5.69 Å². The van der Waals surface area contributed by atoms with Gasteiger partial charge < -0.3 is 10.2 Å². The summed E-state index contributed by atoms with van der Waals surface area (Å²) in [5.74, 6) is 1.88. The largest absolute Gasteiger partial charge is 0.363 e. The molecule has 0 bridgehead atoms. The third kappa shape index (κ3) is 3.28. The van der Waals surface area contributed by atoms with Crippen LogP contribution in [0.15, 0.2) is 31.0 Å². The van der Waals surface area contributed by atoms with Crippen LogP contribution in [0.5, 0.6) is 0 Å². The van der Waals surface area contributed by atoms with Gasteiger partial charge in [-0.05, 0) is 18.6 Å². The van der Waals surface area contributed by atoms with Gasteiger partial charge in [-0.15, -0.1) is 0 Å². The minimum atomic E-state index is 0.742. The molecule has 0 atom stereocenters. The molecular formula is C16H22N8. The molecule has 0 aliphatic heterocycles. The fraction of sp³-hybridized carbons (Fsp3) is 0.375. The maximum atomic E-state index is 4.51. The molecule has 8 nitrogen and oxygen atoms in total. The van der Waals surface area contributed by atoms with Crippen LogP contribution in [-0.4, -0.2) is 43.6 Å². The minimum Gasteiger partial charge on any atom is -0.363 e. The van der Waals surface area contributed by atoms with E-state index in [1.165, 1.54) is 11.9 Å². The highest BCUT2D eigenvalue weighted by atomic mass is 15.4. The Morgan fingerprint density at radius 3 is 2.67 bits per heavy atom. The Kier molecular flexibility index (Phi) is 4.57. The van der Waals surface area contributed by atoms with Crippen LogP contribution in [0.3, 0.4) is 0 Å². The van der Waals surface area contributed by atoms with Crippen molar-refractivity contribution in [1.82, 2.24) is 34.8 Å². The zero-order valence-corrected chi connectivity index (χ0v) is 14.4. The molecule has 0 saturated heterocycles. The molecule has 0 aliphatic carbocycles. The Balaban J connectivity index is 1.63. The van der Waals surface area contributed by atoms with Crippen LogP contribution in [-0.2, 0) is 20.1 Å². The first-order valence-corrected chi connectivity index (χ1v) is 7.76. The van der Waals surface area contributed by atoms with Crippen molar-refractivity contribution in [2.24, 2.45) is 7.05 Å². The SMILES string of the molecule is Cc1nn(C)c(N(C)C)c1CNCc1ccc(-n2cncn2)nc1. The molecule has 0 amide bonds. The Morgan fingerprint density at radius 2 is 2.04 bits per heavy atom. The average Bonchev–Trinajstić information content (AvgIpc) is 3.16. The lowest BCUT2D eigenvalue weighted by Crippen LogP contribution is -2.19. The predicted octanol–water partition coefficient (Wildman–Crippen LogP) is 1.06. The number of hydrogen-bond acceptors (Lipinski definition) is 6. The number of pyridine rings is 1. The van der Waals surface area contributed by atoms with Gasteiger partial charge in [-0.25, -0.2) is 14.6 Å². The van der Waals surface area contributed by atoms with Gasteiger partial charge in [-0.3, -0.25) is 4.68 Å². The zero-order chi connectivity index (χ0) is 17.1. The summed E-state index contributed by atoms with van der Waals surface area (Å²) < 4.78 is 3.56. The van der Waals surface area contributed by atoms with Crippen molar-refractivity contribution >= 4 is 5.82 Å². The molecule has 0 unspecified atom stereocenters. The molecule has 3 rings (SSSR count). The minimum absolute atomic E-state index is 0.742. The molecule has 0 radical (unpaired) electrons. The maximum Gasteiger partial charge on any atom is 0.155 e. The van der Waals surface area contributed by atoms with Crippen molar-refractivity contribution in [3.05, 3.63) is 47.8 Å². The third-order valence-electron chi connectivity index (χ3n) is 3.83. The van der Waals surface area contributed by atoms with Crippen molar-refractivity contribution < 1.29 is 0 Å². The quantitative estimate of drug-likeness (QED) is 0.730. The molecule has 3 aromatic rings. The molecule has 8 heteroatoms. The predicted molar refractivity (Wildman–Crippen MR) is 92.0 cm³/mol. The lowest BCUT2D eigenvalue weighted by atomic mass is 10.2. The van der Waals surface area contributed by atoms with E-state index in [2.05, 4.69) is 30.4 Å². The van der Waals surface area contributed by atoms with Crippen LogP contribution >= 0.6 is 0 Å². The van der Waals surface area contributed by atoms with E-state index in [9.17, 15) is 0 Å². The summed E-state index contributed by atoms with van der Waals surface area (Å²) in [6.07, 6.45) is 4.98. The van der Waals surface area contributed by atoms with Crippen molar-refractivity contribution in [2.45, 2.75) is 20.0 Å². The molecule has 0 spiro atoms. The highest BCUT2D eigenvalue weighted by molar-refractivity contribution is 5.48. The summed E-state index contributed by atoms with van der Waals surface area (Å²) in [6, 6.07) is 3.98. The molecule has 1 N–H and O–H groups in total. The molecular weight excluding hydrogens is 304 g/mol. The zero-order valence-electron chi connectivity index (χ0n) is 14.4. The highest BCUT2D eigenvalue weighted by Crippen LogP contribution is 2.21. The fourth-order valence-corrected chi connectivity index (χ4v) is 2.77. The van der Waals surface area contributed by atoms with E-state index in [1.807, 2.05) is 51.1 Å². The summed E-state index contributed by atoms with van der Waals surface area (Å²) in [5, 5.41) is 12.0. The normalized spacial score (nSPS) is 11.0. The smallest absolute Gasteiger partial charge is 0.155 e. The summed E-state index contributed by atoms with van der Waals surface area (Å²) in [4.78, 5) is 10.4. The van der Waals surface area contributed by atoms with Gasteiger partial charge in [-0.2, -0.15) is 10.2 Å². The lowest BCUT2D eigenvalue weighted by molar-refractivity contribution is 0.685. The van der Waals surface area contributed by atoms with Gasteiger partial charge in [0, 0.05) is 46.0 Å². The van der Waals surface area contributed by atoms with Crippen molar-refractivity contribution in [2.75, 3.05) is 19.0 Å². The number of nitrogens with one attached hydrogen (secondary N) is 1. The van der Waals surface area contributed by atoms with Crippen LogP contribution in [0.25, 0.3) is 5.82 Å². The molecule has 3 heterocycles. The van der Waals surface area contributed by atoms with Crippen molar-refractivity contribution in [1.29, 1.82) is 0 Å². The van der Waals surface area contributed by atoms with Crippen LogP contribution in [0.2, 0.25) is 0 Å². The van der Waals surface area contributed by atoms with Crippen LogP contribution in [0.4, 0.5) is 5.82 Å². The molecule has 0 aliphatic rings. The fourth-order valence-electron chi connectivity index (χ4n) is 2.77. The highest BCUT2D eigenvalue weighted by Gasteiger charge is 2.14. The topological polar surface area (TPSA) is 76.7 Å². The Labute approximate surface area is 141 Å². The van der Waals surface area contributed by atoms with E-state index in [1.54, 1.807) is 11.0 Å². The van der Waals surface area contributed by atoms with Crippen molar-refractivity contribution in [3.63, 3.8) is 0 Å². The summed E-state index contributed by atoms with van der Waals surface area (Å²) >= 11 is 0. The summed E-state index contributed by atoms with van der Waals surface area (Å²) in [5.41, 5.74) is 3.38. The monoisotopic (exact) mass is 326 g/mol. The van der Waals surface area contributed by atoms with E-state index < -0.39 is 0 Å². The number of aryl methyl sites for hydroxylation is 2. The second-order valence-corrected chi connectivity index (χ2v) is 5.87. The third-order valence-corrected chi connectivity index (χ3v) is 3.83. The number of nitrogens with zero attached hydrogens (tertiary/aromatic N) is 7. The second-order valence-electron chi connectivity index (χ2n) is 5.87. The summed E-state index contributed by atoms with van der Waals surface area (Å²) in [6.45, 7) is 3.54. The number of rotatable bonds is 6. The van der Waals surface area contributed by atoms with Crippen LogP contribution in [0.1, 0.15) is 16.8 Å². The summed E-state index contributed by atoms with van der Waals surface area (Å²) in [7, 11) is 6.04. The van der Waals surface area contributed by atoms with Gasteiger partial charge in [0.15, 0.2) is 5.82 Å². The van der Waals surface area contributed by atoms with Crippen LogP contribution < -0.4 is 10.2 Å². The van der Waals surface area contributed by atoms with Gasteiger partial charge in [0.25, 0.3) is 0 Å². The van der Waals surface area contributed by atoms with E-state index in [0.29, 0.717) is 0 Å². The van der Waals surface area contributed by atoms with E-state index in [0.717, 1.165) is 36.0 Å². The first kappa shape index (κ1) is 16.1. The van der Waals surface area contributed by atoms with Gasteiger partial charge in [-0.1, -0.05) is 6.07 Å². The lowest BCUT2D eigenvalue weighted by Gasteiger charge is -2.15. The van der Waals surface area contributed by atoms with Gasteiger partial charge in [0.1, 0.15) is 18.5 Å². The number of hydrogen-bond donors (Lipinski definition) is 1. The molecule has 0 fully saturated rings. The van der Waals surface area contributed by atoms with Gasteiger partial charge >= 0.3 is 0 Å². The van der Waals surface area contributed by atoms with E-state index in [-0.39, 0.29) is 0 Å². The van der Waals surface area contributed by atoms with Crippen molar-refractivity contribution in [3.8, 4) is 5.82 Å². The van der Waals surface area contributed by atoms with E-state index >= 15 is 0 Å². The first-order valence-electron chi connectivity index (χ1n) is 7.76. The average molecular weight is 326 g/mol. The Bertz CT molecular complexity index is 786. The maximum absolute atomic E-state index is 4.51. The Morgan fingerprint density at radius 1 is 1.21 bits per heavy atom. The van der Waals surface area contributed by atoms with Crippen LogP contribution in [0, 0.1) is 6.92 Å². The molecule has 0 aromatic carbocycles. The Hall–Kier alpha value is -2.74. The molecule has 3 aromatic heterocycles.